The van der Waals surface area contributed by atoms with E-state index in [1.807, 2.05) is 0 Å². The van der Waals surface area contributed by atoms with Crippen LogP contribution in [0.1, 0.15) is 44.9 Å². The Balaban J connectivity index is 1.72. The number of halogens is 1. The number of hydrogen-bond donors (Lipinski definition) is 0. The molecule has 0 bridgehead atoms. The molecule has 0 aliphatic heterocycles. The minimum atomic E-state index is -0.901. The maximum Gasteiger partial charge on any atom is 0.513 e. The summed E-state index contributed by atoms with van der Waals surface area (Å²) >= 11 is 6.11. The van der Waals surface area contributed by atoms with E-state index in [-0.39, 0.29) is 35.9 Å². The number of carbonyl (C=O) groups is 3. The molecule has 1 aliphatic carbocycles. The fraction of sp³-hybridized carbons (Fsp3) is 0.476. The Bertz CT molecular complexity index is 726. The first kappa shape index (κ1) is 22.7. The van der Waals surface area contributed by atoms with Gasteiger partial charge in [-0.3, -0.25) is 4.79 Å². The molecule has 0 radical (unpaired) electrons. The van der Waals surface area contributed by atoms with Crippen LogP contribution in [0.25, 0.3) is 0 Å². The molecule has 0 N–H and O–H groups in total. The van der Waals surface area contributed by atoms with E-state index in [4.69, 9.17) is 30.5 Å². The van der Waals surface area contributed by atoms with E-state index in [9.17, 15) is 14.4 Å². The Hall–Kier alpha value is -2.54. The lowest BCUT2D eigenvalue weighted by Crippen LogP contribution is -2.22. The van der Waals surface area contributed by atoms with E-state index in [2.05, 4.69) is 6.58 Å². The number of ether oxygens (including phenoxy) is 4. The van der Waals surface area contributed by atoms with Crippen molar-refractivity contribution in [2.45, 2.75) is 44.9 Å². The zero-order valence-corrected chi connectivity index (χ0v) is 16.9. The van der Waals surface area contributed by atoms with E-state index < -0.39 is 12.1 Å². The highest BCUT2D eigenvalue weighted by atomic mass is 35.5. The van der Waals surface area contributed by atoms with Gasteiger partial charge >= 0.3 is 18.1 Å². The highest BCUT2D eigenvalue weighted by molar-refractivity contribution is 6.32. The van der Waals surface area contributed by atoms with Crippen LogP contribution in [0.15, 0.2) is 30.9 Å². The van der Waals surface area contributed by atoms with E-state index in [1.165, 1.54) is 18.2 Å². The molecule has 0 atom stereocenters. The van der Waals surface area contributed by atoms with Crippen molar-refractivity contribution in [2.24, 2.45) is 5.92 Å². The van der Waals surface area contributed by atoms with Crippen LogP contribution in [-0.2, 0) is 19.1 Å². The molecular weight excluding hydrogens is 400 g/mol. The molecule has 1 aliphatic rings. The monoisotopic (exact) mass is 424 g/mol. The summed E-state index contributed by atoms with van der Waals surface area (Å²) < 4.78 is 20.2. The molecule has 0 spiro atoms. The molecule has 1 saturated carbocycles. The summed E-state index contributed by atoms with van der Waals surface area (Å²) in [6.45, 7) is 3.62. The van der Waals surface area contributed by atoms with Gasteiger partial charge in [0.2, 0.25) is 0 Å². The lowest BCUT2D eigenvalue weighted by atomic mass is 9.89. The Morgan fingerprint density at radius 3 is 2.38 bits per heavy atom. The van der Waals surface area contributed by atoms with Crippen LogP contribution in [0.5, 0.6) is 11.5 Å². The fourth-order valence-corrected chi connectivity index (χ4v) is 3.09. The van der Waals surface area contributed by atoms with Gasteiger partial charge in [-0.25, -0.2) is 9.59 Å². The van der Waals surface area contributed by atoms with E-state index in [0.717, 1.165) is 38.2 Å². The zero-order valence-electron chi connectivity index (χ0n) is 16.2. The van der Waals surface area contributed by atoms with Crippen LogP contribution in [0.2, 0.25) is 5.02 Å². The second kappa shape index (κ2) is 12.1. The first-order valence-corrected chi connectivity index (χ1v) is 10.0. The topological polar surface area (TPSA) is 88.1 Å². The van der Waals surface area contributed by atoms with Crippen LogP contribution < -0.4 is 9.47 Å². The van der Waals surface area contributed by atoms with Crippen LogP contribution in [0, 0.1) is 5.92 Å². The zero-order chi connectivity index (χ0) is 21.1. The first-order chi connectivity index (χ1) is 14.0. The average molecular weight is 425 g/mol. The number of hydrogen-bond acceptors (Lipinski definition) is 7. The second-order valence-corrected chi connectivity index (χ2v) is 7.03. The molecule has 1 aromatic rings. The number of esters is 2. The molecular formula is C21H25ClO7. The first-order valence-electron chi connectivity index (χ1n) is 9.64. The van der Waals surface area contributed by atoms with Crippen molar-refractivity contribution in [3.8, 4) is 11.5 Å². The molecule has 0 unspecified atom stereocenters. The average Bonchev–Trinajstić information content (AvgIpc) is 2.73. The SMILES string of the molecule is C=CC(=O)OCCCCOC(=O)Oc1ccc(OC(=O)C2CCCCC2)cc1Cl. The van der Waals surface area contributed by atoms with Gasteiger partial charge in [0, 0.05) is 12.1 Å². The van der Waals surface area contributed by atoms with Crippen molar-refractivity contribution in [2.75, 3.05) is 13.2 Å². The van der Waals surface area contributed by atoms with Gasteiger partial charge in [0.25, 0.3) is 0 Å². The third-order valence-electron chi connectivity index (χ3n) is 4.42. The van der Waals surface area contributed by atoms with Crippen molar-refractivity contribution in [3.63, 3.8) is 0 Å². The Morgan fingerprint density at radius 2 is 1.72 bits per heavy atom. The van der Waals surface area contributed by atoms with E-state index in [0.29, 0.717) is 18.6 Å². The molecule has 29 heavy (non-hydrogen) atoms. The predicted octanol–water partition coefficient (Wildman–Crippen LogP) is 4.85. The molecule has 0 amide bonds. The quantitative estimate of drug-likeness (QED) is 0.184. The highest BCUT2D eigenvalue weighted by Gasteiger charge is 2.23. The van der Waals surface area contributed by atoms with Crippen molar-refractivity contribution >= 4 is 29.7 Å². The number of benzene rings is 1. The summed E-state index contributed by atoms with van der Waals surface area (Å²) in [7, 11) is 0. The molecule has 0 heterocycles. The minimum absolute atomic E-state index is 0.0753. The summed E-state index contributed by atoms with van der Waals surface area (Å²) in [5, 5.41) is 0.132. The second-order valence-electron chi connectivity index (χ2n) is 6.63. The summed E-state index contributed by atoms with van der Waals surface area (Å²) in [4.78, 5) is 34.8. The van der Waals surface area contributed by atoms with Crippen LogP contribution in [0.4, 0.5) is 4.79 Å². The third kappa shape index (κ3) is 8.15. The summed E-state index contributed by atoms with van der Waals surface area (Å²) in [5.41, 5.74) is 0. The summed E-state index contributed by atoms with van der Waals surface area (Å²) in [5.74, 6) is -0.413. The maximum absolute atomic E-state index is 12.2. The molecule has 0 aromatic heterocycles. The summed E-state index contributed by atoms with van der Waals surface area (Å²) in [6, 6.07) is 4.39. The van der Waals surface area contributed by atoms with Gasteiger partial charge in [-0.05, 0) is 37.8 Å². The van der Waals surface area contributed by atoms with Crippen LogP contribution in [-0.4, -0.2) is 31.3 Å². The van der Waals surface area contributed by atoms with Gasteiger partial charge < -0.3 is 18.9 Å². The number of carbonyl (C=O) groups excluding carboxylic acids is 3. The lowest BCUT2D eigenvalue weighted by molar-refractivity contribution is -0.140. The lowest BCUT2D eigenvalue weighted by Gasteiger charge is -2.19. The Morgan fingerprint density at radius 1 is 1.03 bits per heavy atom. The normalized spacial score (nSPS) is 14.0. The number of unbranched alkanes of at least 4 members (excludes halogenated alkanes) is 1. The minimum Gasteiger partial charge on any atom is -0.463 e. The van der Waals surface area contributed by atoms with Crippen LogP contribution >= 0.6 is 11.6 Å². The van der Waals surface area contributed by atoms with Crippen molar-refractivity contribution in [1.29, 1.82) is 0 Å². The highest BCUT2D eigenvalue weighted by Crippen LogP contribution is 2.31. The van der Waals surface area contributed by atoms with Crippen molar-refractivity contribution in [1.82, 2.24) is 0 Å². The Kier molecular flexibility index (Phi) is 9.50. The molecule has 7 nitrogen and oxygen atoms in total. The van der Waals surface area contributed by atoms with Gasteiger partial charge in [0.1, 0.15) is 5.75 Å². The molecule has 1 fully saturated rings. The van der Waals surface area contributed by atoms with Crippen molar-refractivity contribution in [3.05, 3.63) is 35.9 Å². The van der Waals surface area contributed by atoms with Gasteiger partial charge in [-0.1, -0.05) is 37.4 Å². The maximum atomic E-state index is 12.2. The van der Waals surface area contributed by atoms with E-state index in [1.54, 1.807) is 0 Å². The molecule has 2 rings (SSSR count). The Labute approximate surface area is 174 Å². The van der Waals surface area contributed by atoms with E-state index >= 15 is 0 Å². The molecule has 1 aromatic carbocycles. The van der Waals surface area contributed by atoms with Crippen molar-refractivity contribution < 1.29 is 33.3 Å². The van der Waals surface area contributed by atoms with Gasteiger partial charge in [0.05, 0.1) is 24.2 Å². The molecule has 158 valence electrons. The van der Waals surface area contributed by atoms with Crippen LogP contribution in [0.3, 0.4) is 0 Å². The largest absolute Gasteiger partial charge is 0.513 e. The molecule has 8 heteroatoms. The smallest absolute Gasteiger partial charge is 0.463 e. The standard InChI is InChI=1S/C21H25ClO7/c1-2-19(23)26-12-6-7-13-27-21(25)29-18-11-10-16(14-17(18)22)28-20(24)15-8-4-3-5-9-15/h2,10-11,14-15H,1,3-9,12-13H2. The predicted molar refractivity (Wildman–Crippen MR) is 106 cm³/mol. The third-order valence-corrected chi connectivity index (χ3v) is 4.72. The molecule has 0 saturated heterocycles. The van der Waals surface area contributed by atoms with Gasteiger partial charge in [-0.2, -0.15) is 0 Å². The van der Waals surface area contributed by atoms with Gasteiger partial charge in [-0.15, -0.1) is 0 Å². The summed E-state index contributed by atoms with van der Waals surface area (Å²) in [6.07, 6.45) is 6.14. The van der Waals surface area contributed by atoms with Gasteiger partial charge in [0.15, 0.2) is 5.75 Å². The number of rotatable bonds is 9. The fourth-order valence-electron chi connectivity index (χ4n) is 2.88.